The minimum atomic E-state index is -0.0697. The van der Waals surface area contributed by atoms with E-state index in [1.165, 1.54) is 48.8 Å². The lowest BCUT2D eigenvalue weighted by Crippen LogP contribution is -2.01. The summed E-state index contributed by atoms with van der Waals surface area (Å²) < 4.78 is 3.10. The Bertz CT molecular complexity index is 648. The van der Waals surface area contributed by atoms with E-state index in [4.69, 9.17) is 11.6 Å². The first-order valence-electron chi connectivity index (χ1n) is 6.65. The standard InChI is InChI=1S/C12H13ClN4OS2/c13-9-8(5-18)19-12(14-9)20-11-16-15-10(6-1-2-6)17(11)7-3-4-7/h6-7,18H,1-5H2. The zero-order chi connectivity index (χ0) is 13.7. The van der Waals surface area contributed by atoms with E-state index in [1.807, 2.05) is 0 Å². The van der Waals surface area contributed by atoms with Gasteiger partial charge >= 0.3 is 0 Å². The van der Waals surface area contributed by atoms with Crippen LogP contribution in [0.2, 0.25) is 5.15 Å². The van der Waals surface area contributed by atoms with Crippen molar-refractivity contribution in [2.45, 2.75) is 53.7 Å². The third-order valence-electron chi connectivity index (χ3n) is 3.50. The van der Waals surface area contributed by atoms with E-state index in [0.29, 0.717) is 22.0 Å². The smallest absolute Gasteiger partial charge is 0.198 e. The van der Waals surface area contributed by atoms with Gasteiger partial charge in [-0.05, 0) is 37.4 Å². The predicted octanol–water partition coefficient (Wildman–Crippen LogP) is 3.24. The molecular formula is C12H13ClN4OS2. The van der Waals surface area contributed by atoms with Gasteiger partial charge in [-0.1, -0.05) is 11.6 Å². The van der Waals surface area contributed by atoms with Crippen molar-refractivity contribution in [1.29, 1.82) is 0 Å². The molecule has 2 fully saturated rings. The maximum absolute atomic E-state index is 9.18. The molecule has 2 heterocycles. The Labute approximate surface area is 129 Å². The molecule has 2 aromatic rings. The van der Waals surface area contributed by atoms with E-state index in [2.05, 4.69) is 19.7 Å². The summed E-state index contributed by atoms with van der Waals surface area (Å²) in [5.41, 5.74) is 0. The summed E-state index contributed by atoms with van der Waals surface area (Å²) >= 11 is 8.89. The molecule has 2 aliphatic carbocycles. The van der Waals surface area contributed by atoms with Crippen molar-refractivity contribution < 1.29 is 5.11 Å². The van der Waals surface area contributed by atoms with E-state index in [1.54, 1.807) is 0 Å². The van der Waals surface area contributed by atoms with Crippen molar-refractivity contribution in [2.24, 2.45) is 0 Å². The first-order valence-corrected chi connectivity index (χ1v) is 8.66. The molecule has 2 aromatic heterocycles. The molecule has 2 aliphatic rings. The number of hydrogen-bond acceptors (Lipinski definition) is 6. The van der Waals surface area contributed by atoms with Gasteiger partial charge in [0.25, 0.3) is 0 Å². The first kappa shape index (κ1) is 13.1. The van der Waals surface area contributed by atoms with E-state index in [-0.39, 0.29) is 6.61 Å². The van der Waals surface area contributed by atoms with E-state index in [0.717, 1.165) is 15.3 Å². The highest BCUT2D eigenvalue weighted by Gasteiger charge is 2.36. The number of thiazole rings is 1. The number of aliphatic hydroxyl groups is 1. The first-order chi connectivity index (χ1) is 9.76. The minimum absolute atomic E-state index is 0.0697. The van der Waals surface area contributed by atoms with Crippen LogP contribution in [0.15, 0.2) is 9.50 Å². The number of aromatic nitrogens is 4. The Hall–Kier alpha value is -0.630. The number of nitrogens with zero attached hydrogens (tertiary/aromatic N) is 4. The van der Waals surface area contributed by atoms with Crippen molar-refractivity contribution in [3.63, 3.8) is 0 Å². The predicted molar refractivity (Wildman–Crippen MR) is 77.4 cm³/mol. The molecular weight excluding hydrogens is 316 g/mol. The van der Waals surface area contributed by atoms with Crippen LogP contribution in [-0.4, -0.2) is 24.9 Å². The van der Waals surface area contributed by atoms with Crippen LogP contribution in [0.3, 0.4) is 0 Å². The molecule has 0 radical (unpaired) electrons. The van der Waals surface area contributed by atoms with Crippen molar-refractivity contribution in [2.75, 3.05) is 0 Å². The second-order valence-electron chi connectivity index (χ2n) is 5.17. The van der Waals surface area contributed by atoms with Gasteiger partial charge in [-0.3, -0.25) is 0 Å². The summed E-state index contributed by atoms with van der Waals surface area (Å²) in [5.74, 6) is 1.74. The topological polar surface area (TPSA) is 63.8 Å². The summed E-state index contributed by atoms with van der Waals surface area (Å²) in [6.07, 6.45) is 4.89. The highest BCUT2D eigenvalue weighted by molar-refractivity contribution is 8.00. The van der Waals surface area contributed by atoms with Gasteiger partial charge in [0.2, 0.25) is 0 Å². The van der Waals surface area contributed by atoms with Crippen LogP contribution < -0.4 is 0 Å². The normalized spacial score (nSPS) is 18.7. The van der Waals surface area contributed by atoms with Gasteiger partial charge in [-0.2, -0.15) is 0 Å². The Morgan fingerprint density at radius 3 is 2.70 bits per heavy atom. The molecule has 0 spiro atoms. The third kappa shape index (κ3) is 2.36. The highest BCUT2D eigenvalue weighted by atomic mass is 35.5. The van der Waals surface area contributed by atoms with Gasteiger partial charge in [-0.15, -0.1) is 21.5 Å². The number of hydrogen-bond donors (Lipinski definition) is 1. The second-order valence-corrected chi connectivity index (χ2v) is 7.83. The molecule has 0 saturated heterocycles. The van der Waals surface area contributed by atoms with Crippen LogP contribution in [0.1, 0.15) is 48.3 Å². The summed E-state index contributed by atoms with van der Waals surface area (Å²) in [4.78, 5) is 4.98. The molecule has 8 heteroatoms. The van der Waals surface area contributed by atoms with E-state index >= 15 is 0 Å². The lowest BCUT2D eigenvalue weighted by molar-refractivity contribution is 0.285. The van der Waals surface area contributed by atoms with Gasteiger partial charge in [0.15, 0.2) is 9.50 Å². The van der Waals surface area contributed by atoms with Crippen molar-refractivity contribution in [3.8, 4) is 0 Å². The monoisotopic (exact) mass is 328 g/mol. The Kier molecular flexibility index (Phi) is 3.25. The molecule has 0 aromatic carbocycles. The van der Waals surface area contributed by atoms with Gasteiger partial charge in [-0.25, -0.2) is 4.98 Å². The maximum atomic E-state index is 9.18. The number of halogens is 1. The lowest BCUT2D eigenvalue weighted by atomic mass is 10.4. The number of aliphatic hydroxyl groups excluding tert-OH is 1. The maximum Gasteiger partial charge on any atom is 0.198 e. The van der Waals surface area contributed by atoms with Crippen molar-refractivity contribution in [1.82, 2.24) is 19.7 Å². The van der Waals surface area contributed by atoms with Gasteiger partial charge < -0.3 is 9.67 Å². The van der Waals surface area contributed by atoms with Crippen LogP contribution in [0.25, 0.3) is 0 Å². The summed E-state index contributed by atoms with van der Waals surface area (Å²) in [5, 5.41) is 19.2. The SMILES string of the molecule is OCc1sc(Sc2nnc(C3CC3)n2C2CC2)nc1Cl. The molecule has 0 atom stereocenters. The molecule has 0 amide bonds. The van der Waals surface area contributed by atoms with E-state index in [9.17, 15) is 5.11 Å². The molecule has 20 heavy (non-hydrogen) atoms. The van der Waals surface area contributed by atoms with Crippen LogP contribution in [0, 0.1) is 0 Å². The fourth-order valence-corrected chi connectivity index (χ4v) is 4.50. The molecule has 0 aliphatic heterocycles. The molecule has 106 valence electrons. The zero-order valence-electron chi connectivity index (χ0n) is 10.6. The molecule has 5 nitrogen and oxygen atoms in total. The molecule has 1 N–H and O–H groups in total. The second kappa shape index (κ2) is 4.98. The largest absolute Gasteiger partial charge is 0.391 e. The Balaban J connectivity index is 1.64. The molecule has 0 unspecified atom stereocenters. The minimum Gasteiger partial charge on any atom is -0.391 e. The van der Waals surface area contributed by atoms with Crippen LogP contribution in [0.5, 0.6) is 0 Å². The van der Waals surface area contributed by atoms with Crippen LogP contribution in [0.4, 0.5) is 0 Å². The summed E-state index contributed by atoms with van der Waals surface area (Å²) in [7, 11) is 0. The van der Waals surface area contributed by atoms with Gasteiger partial charge in [0.1, 0.15) is 11.0 Å². The Morgan fingerprint density at radius 1 is 1.30 bits per heavy atom. The van der Waals surface area contributed by atoms with Crippen molar-refractivity contribution >= 4 is 34.7 Å². The summed E-state index contributed by atoms with van der Waals surface area (Å²) in [6, 6.07) is 0.566. The average molecular weight is 329 g/mol. The third-order valence-corrected chi connectivity index (χ3v) is 5.98. The molecule has 0 bridgehead atoms. The molecule has 4 rings (SSSR count). The van der Waals surface area contributed by atoms with Gasteiger partial charge in [0.05, 0.1) is 11.5 Å². The zero-order valence-corrected chi connectivity index (χ0v) is 13.0. The fourth-order valence-electron chi connectivity index (χ4n) is 2.19. The average Bonchev–Trinajstić information content (AvgIpc) is 3.35. The van der Waals surface area contributed by atoms with Crippen LogP contribution in [-0.2, 0) is 6.61 Å². The van der Waals surface area contributed by atoms with Crippen LogP contribution >= 0.6 is 34.7 Å². The van der Waals surface area contributed by atoms with Gasteiger partial charge in [0, 0.05) is 12.0 Å². The summed E-state index contributed by atoms with van der Waals surface area (Å²) in [6.45, 7) is -0.0697. The fraction of sp³-hybridized carbons (Fsp3) is 0.583. The quantitative estimate of drug-likeness (QED) is 0.912. The molecule has 2 saturated carbocycles. The van der Waals surface area contributed by atoms with Crippen molar-refractivity contribution in [3.05, 3.63) is 15.9 Å². The Morgan fingerprint density at radius 2 is 2.10 bits per heavy atom. The highest BCUT2D eigenvalue weighted by Crippen LogP contribution is 2.47. The van der Waals surface area contributed by atoms with E-state index < -0.39 is 0 Å². The number of rotatable bonds is 5. The lowest BCUT2D eigenvalue weighted by Gasteiger charge is -2.06.